The van der Waals surface area contributed by atoms with Crippen molar-refractivity contribution in [2.24, 2.45) is 5.10 Å². The molecule has 1 heterocycles. The van der Waals surface area contributed by atoms with Gasteiger partial charge in [-0.2, -0.15) is 5.10 Å². The van der Waals surface area contributed by atoms with Crippen molar-refractivity contribution >= 4 is 34.0 Å². The number of carbonyl (C=O) groups excluding carboxylic acids is 2. The highest BCUT2D eigenvalue weighted by Crippen LogP contribution is 2.38. The van der Waals surface area contributed by atoms with Crippen LogP contribution in [0.3, 0.4) is 0 Å². The maximum atomic E-state index is 12.8. The molecule has 1 N–H and O–H groups in total. The van der Waals surface area contributed by atoms with Crippen molar-refractivity contribution in [1.29, 1.82) is 0 Å². The number of hydrogen-bond donors (Lipinski definition) is 1. The van der Waals surface area contributed by atoms with Gasteiger partial charge in [-0.3, -0.25) is 9.78 Å². The number of ether oxygens (including phenoxy) is 5. The molecule has 3 rings (SSSR count). The van der Waals surface area contributed by atoms with Gasteiger partial charge in [0.15, 0.2) is 23.0 Å². The zero-order chi connectivity index (χ0) is 25.4. The zero-order valence-electron chi connectivity index (χ0n) is 19.3. The minimum absolute atomic E-state index is 0.188. The Morgan fingerprint density at radius 3 is 2.14 bits per heavy atom. The van der Waals surface area contributed by atoms with Crippen LogP contribution in [0.2, 0.25) is 0 Å². The molecule has 0 aliphatic rings. The highest BCUT2D eigenvalue weighted by atomic mass is 79.9. The molecule has 1 amide bonds. The number of hydrogen-bond acceptors (Lipinski definition) is 9. The molecule has 0 aliphatic heterocycles. The fourth-order valence-electron chi connectivity index (χ4n) is 2.97. The average molecular weight is 544 g/mol. The predicted molar refractivity (Wildman–Crippen MR) is 131 cm³/mol. The fourth-order valence-corrected chi connectivity index (χ4v) is 3.34. The van der Waals surface area contributed by atoms with Gasteiger partial charge in [0, 0.05) is 16.9 Å². The lowest BCUT2D eigenvalue weighted by Crippen LogP contribution is -2.17. The number of nitrogens with one attached hydrogen (secondary N) is 1. The van der Waals surface area contributed by atoms with Crippen LogP contribution in [0, 0.1) is 0 Å². The number of benzene rings is 2. The number of esters is 1. The maximum absolute atomic E-state index is 12.8. The normalized spacial score (nSPS) is 10.5. The number of carbonyl (C=O) groups is 2. The van der Waals surface area contributed by atoms with E-state index in [0.717, 1.165) is 0 Å². The molecule has 2 aromatic carbocycles. The third-order valence-corrected chi connectivity index (χ3v) is 5.07. The van der Waals surface area contributed by atoms with Crippen molar-refractivity contribution in [2.45, 2.75) is 0 Å². The summed E-state index contributed by atoms with van der Waals surface area (Å²) < 4.78 is 27.4. The number of hydrazone groups is 1. The van der Waals surface area contributed by atoms with Crippen molar-refractivity contribution in [3.8, 4) is 28.7 Å². The van der Waals surface area contributed by atoms with Crippen molar-refractivity contribution in [2.75, 3.05) is 28.4 Å². The number of rotatable bonds is 9. The average Bonchev–Trinajstić information content (AvgIpc) is 2.88. The van der Waals surface area contributed by atoms with E-state index in [4.69, 9.17) is 23.7 Å². The number of aromatic nitrogens is 1. The number of amides is 1. The smallest absolute Gasteiger partial charge is 0.343 e. The number of methoxy groups -OCH3 is 4. The van der Waals surface area contributed by atoms with Crippen molar-refractivity contribution in [3.05, 3.63) is 70.0 Å². The molecular weight excluding hydrogens is 522 g/mol. The van der Waals surface area contributed by atoms with Crippen molar-refractivity contribution < 1.29 is 33.3 Å². The van der Waals surface area contributed by atoms with Crippen LogP contribution in [-0.4, -0.2) is 51.5 Å². The Balaban J connectivity index is 1.74. The molecule has 0 radical (unpaired) electrons. The highest BCUT2D eigenvalue weighted by Gasteiger charge is 2.19. The molecule has 1 aromatic heterocycles. The van der Waals surface area contributed by atoms with E-state index in [1.54, 1.807) is 30.5 Å². The van der Waals surface area contributed by atoms with Crippen LogP contribution in [0.5, 0.6) is 28.7 Å². The summed E-state index contributed by atoms with van der Waals surface area (Å²) in [7, 11) is 5.81. The number of nitrogens with zero attached hydrogens (tertiary/aromatic N) is 2. The first-order chi connectivity index (χ1) is 16.9. The van der Waals surface area contributed by atoms with E-state index in [1.165, 1.54) is 53.0 Å². The molecule has 0 fully saturated rings. The lowest BCUT2D eigenvalue weighted by atomic mass is 10.1. The Kier molecular flexibility index (Phi) is 8.63. The van der Waals surface area contributed by atoms with Gasteiger partial charge in [0.25, 0.3) is 5.91 Å². The van der Waals surface area contributed by atoms with Gasteiger partial charge in [-0.1, -0.05) is 0 Å². The molecule has 0 aliphatic carbocycles. The first kappa shape index (κ1) is 25.5. The van der Waals surface area contributed by atoms with Crippen LogP contribution in [0.15, 0.2) is 58.4 Å². The Morgan fingerprint density at radius 2 is 1.54 bits per heavy atom. The van der Waals surface area contributed by atoms with Crippen molar-refractivity contribution in [3.63, 3.8) is 0 Å². The van der Waals surface area contributed by atoms with E-state index in [-0.39, 0.29) is 17.1 Å². The van der Waals surface area contributed by atoms with E-state index in [2.05, 4.69) is 31.4 Å². The molecule has 10 nitrogen and oxygen atoms in total. The second kappa shape index (κ2) is 11.8. The SMILES string of the molecule is COc1cc(/C=N/NC(=O)c2cncc(Br)c2)ccc1OC(=O)c1cc(OC)c(OC)c(OC)c1. The molecule has 182 valence electrons. The number of pyridine rings is 1. The molecule has 0 bridgehead atoms. The summed E-state index contributed by atoms with van der Waals surface area (Å²) >= 11 is 3.26. The molecule has 11 heteroatoms. The van der Waals surface area contributed by atoms with Crippen LogP contribution in [0.4, 0.5) is 0 Å². The van der Waals surface area contributed by atoms with E-state index in [9.17, 15) is 9.59 Å². The van der Waals surface area contributed by atoms with Gasteiger partial charge in [-0.25, -0.2) is 10.2 Å². The Labute approximate surface area is 209 Å². The van der Waals surface area contributed by atoms with Crippen LogP contribution in [0.25, 0.3) is 0 Å². The van der Waals surface area contributed by atoms with Gasteiger partial charge in [0.1, 0.15) is 0 Å². The lowest BCUT2D eigenvalue weighted by molar-refractivity contribution is 0.0728. The summed E-state index contributed by atoms with van der Waals surface area (Å²) in [5.74, 6) is 0.397. The van der Waals surface area contributed by atoms with Gasteiger partial charge in [-0.15, -0.1) is 0 Å². The fraction of sp³-hybridized carbons (Fsp3) is 0.167. The Morgan fingerprint density at radius 1 is 0.857 bits per heavy atom. The van der Waals surface area contributed by atoms with Gasteiger partial charge in [0.05, 0.1) is 45.8 Å². The first-order valence-corrected chi connectivity index (χ1v) is 10.8. The molecule has 0 atom stereocenters. The molecule has 3 aromatic rings. The minimum atomic E-state index is -0.654. The first-order valence-electron chi connectivity index (χ1n) is 10.0. The summed E-state index contributed by atoms with van der Waals surface area (Å²) in [5, 5.41) is 3.95. The van der Waals surface area contributed by atoms with Crippen LogP contribution >= 0.6 is 15.9 Å². The van der Waals surface area contributed by atoms with E-state index in [0.29, 0.717) is 32.8 Å². The molecule has 0 unspecified atom stereocenters. The maximum Gasteiger partial charge on any atom is 0.343 e. The van der Waals surface area contributed by atoms with Crippen LogP contribution in [-0.2, 0) is 0 Å². The summed E-state index contributed by atoms with van der Waals surface area (Å²) in [6, 6.07) is 9.40. The summed E-state index contributed by atoms with van der Waals surface area (Å²) in [6.45, 7) is 0. The summed E-state index contributed by atoms with van der Waals surface area (Å²) in [4.78, 5) is 28.9. The molecule has 0 saturated heterocycles. The Bertz CT molecular complexity index is 1240. The summed E-state index contributed by atoms with van der Waals surface area (Å²) in [5.41, 5.74) is 3.56. The second-order valence-corrected chi connectivity index (χ2v) is 7.72. The molecule has 0 spiro atoms. The molecule has 35 heavy (non-hydrogen) atoms. The molecular formula is C24H22BrN3O7. The third-order valence-electron chi connectivity index (χ3n) is 4.64. The molecule has 0 saturated carbocycles. The van der Waals surface area contributed by atoms with Gasteiger partial charge in [0.2, 0.25) is 5.75 Å². The largest absolute Gasteiger partial charge is 0.493 e. The zero-order valence-corrected chi connectivity index (χ0v) is 20.9. The van der Waals surface area contributed by atoms with Gasteiger partial charge in [-0.05, 0) is 57.9 Å². The van der Waals surface area contributed by atoms with E-state index in [1.807, 2.05) is 0 Å². The van der Waals surface area contributed by atoms with E-state index < -0.39 is 11.9 Å². The topological polar surface area (TPSA) is 118 Å². The minimum Gasteiger partial charge on any atom is -0.493 e. The lowest BCUT2D eigenvalue weighted by Gasteiger charge is -2.14. The van der Waals surface area contributed by atoms with E-state index >= 15 is 0 Å². The van der Waals surface area contributed by atoms with Crippen LogP contribution < -0.4 is 29.1 Å². The predicted octanol–water partition coefficient (Wildman–Crippen LogP) is 3.86. The number of halogens is 1. The second-order valence-electron chi connectivity index (χ2n) is 6.80. The Hall–Kier alpha value is -4.12. The third kappa shape index (κ3) is 6.27. The quantitative estimate of drug-likeness (QED) is 0.187. The summed E-state index contributed by atoms with van der Waals surface area (Å²) in [6.07, 6.45) is 4.43. The standard InChI is InChI=1S/C24H22BrN3O7/c1-31-19-7-14(11-27-28-23(29)16-8-17(25)13-26-12-16)5-6-18(19)35-24(30)15-9-20(32-2)22(34-4)21(10-15)33-3/h5-13H,1-4H3,(H,28,29)/b27-11+. The monoisotopic (exact) mass is 543 g/mol. The van der Waals surface area contributed by atoms with Crippen LogP contribution in [0.1, 0.15) is 26.3 Å². The highest BCUT2D eigenvalue weighted by molar-refractivity contribution is 9.10. The van der Waals surface area contributed by atoms with Crippen molar-refractivity contribution in [1.82, 2.24) is 10.4 Å². The van der Waals surface area contributed by atoms with Gasteiger partial charge < -0.3 is 23.7 Å². The van der Waals surface area contributed by atoms with Gasteiger partial charge >= 0.3 is 5.97 Å².